The van der Waals surface area contributed by atoms with Crippen LogP contribution in [0.2, 0.25) is 0 Å². The Morgan fingerprint density at radius 3 is 3.00 bits per heavy atom. The Morgan fingerprint density at radius 1 is 1.59 bits per heavy atom. The summed E-state index contributed by atoms with van der Waals surface area (Å²) in [6.45, 7) is 0. The van der Waals surface area contributed by atoms with Gasteiger partial charge in [0.05, 0.1) is 16.4 Å². The number of nitrogens with zero attached hydrogens (tertiary/aromatic N) is 3. The highest BCUT2D eigenvalue weighted by Crippen LogP contribution is 2.20. The number of nitrogen functional groups attached to an aromatic ring is 1. The molecule has 0 bridgehead atoms. The van der Waals surface area contributed by atoms with E-state index in [2.05, 4.69) is 31.3 Å². The van der Waals surface area contributed by atoms with Gasteiger partial charge in [-0.3, -0.25) is 4.79 Å². The van der Waals surface area contributed by atoms with E-state index in [9.17, 15) is 4.79 Å². The molecule has 2 rings (SSSR count). The van der Waals surface area contributed by atoms with Crippen molar-refractivity contribution in [3.8, 4) is 5.82 Å². The van der Waals surface area contributed by atoms with Crippen molar-refractivity contribution in [1.29, 1.82) is 0 Å². The molecule has 0 radical (unpaired) electrons. The second-order valence-electron chi connectivity index (χ2n) is 3.30. The molecule has 0 atom stereocenters. The van der Waals surface area contributed by atoms with Crippen molar-refractivity contribution in [2.24, 2.45) is 0 Å². The van der Waals surface area contributed by atoms with E-state index >= 15 is 0 Å². The van der Waals surface area contributed by atoms with E-state index in [0.29, 0.717) is 21.7 Å². The quantitative estimate of drug-likeness (QED) is 0.864. The number of amides is 1. The Morgan fingerprint density at radius 2 is 2.35 bits per heavy atom. The van der Waals surface area contributed by atoms with Crippen LogP contribution in [0.4, 0.5) is 5.69 Å². The molecule has 2 aromatic heterocycles. The lowest BCUT2D eigenvalue weighted by Gasteiger charge is -2.03. The minimum Gasteiger partial charge on any atom is -0.397 e. The van der Waals surface area contributed by atoms with Crippen molar-refractivity contribution < 1.29 is 4.79 Å². The van der Waals surface area contributed by atoms with Crippen LogP contribution in [0.1, 0.15) is 10.5 Å². The molecular weight excluding hydrogens is 286 g/mol. The molecule has 3 N–H and O–H groups in total. The SMILES string of the molecule is CNC(=O)c1ccn(-c2ncc(N)cc2Br)n1. The lowest BCUT2D eigenvalue weighted by molar-refractivity contribution is 0.0957. The summed E-state index contributed by atoms with van der Waals surface area (Å²) < 4.78 is 2.22. The van der Waals surface area contributed by atoms with Crippen molar-refractivity contribution in [3.05, 3.63) is 34.7 Å². The molecule has 0 unspecified atom stereocenters. The van der Waals surface area contributed by atoms with Crippen LogP contribution in [-0.2, 0) is 0 Å². The second kappa shape index (κ2) is 4.54. The fourth-order valence-electron chi connectivity index (χ4n) is 1.31. The Labute approximate surface area is 106 Å². The first kappa shape index (κ1) is 11.6. The Hall–Kier alpha value is -1.89. The summed E-state index contributed by atoms with van der Waals surface area (Å²) in [6.07, 6.45) is 3.19. The Kier molecular flexibility index (Phi) is 3.10. The van der Waals surface area contributed by atoms with Gasteiger partial charge in [-0.05, 0) is 28.1 Å². The lowest BCUT2D eigenvalue weighted by atomic mass is 10.4. The van der Waals surface area contributed by atoms with Crippen LogP contribution in [0.3, 0.4) is 0 Å². The molecule has 0 aliphatic carbocycles. The van der Waals surface area contributed by atoms with E-state index in [1.165, 1.54) is 10.9 Å². The zero-order valence-corrected chi connectivity index (χ0v) is 10.6. The highest BCUT2D eigenvalue weighted by molar-refractivity contribution is 9.10. The van der Waals surface area contributed by atoms with Crippen molar-refractivity contribution >= 4 is 27.5 Å². The second-order valence-corrected chi connectivity index (χ2v) is 4.15. The van der Waals surface area contributed by atoms with Crippen molar-refractivity contribution in [3.63, 3.8) is 0 Å². The molecule has 0 spiro atoms. The molecule has 0 aliphatic heterocycles. The van der Waals surface area contributed by atoms with E-state index < -0.39 is 0 Å². The average molecular weight is 296 g/mol. The fraction of sp³-hybridized carbons (Fsp3) is 0.100. The standard InChI is InChI=1S/C10H10BrN5O/c1-13-10(17)8-2-3-16(15-8)9-7(11)4-6(12)5-14-9/h2-5H,12H2,1H3,(H,13,17). The zero-order valence-electron chi connectivity index (χ0n) is 9.01. The van der Waals surface area contributed by atoms with Gasteiger partial charge >= 0.3 is 0 Å². The summed E-state index contributed by atoms with van der Waals surface area (Å²) in [5, 5.41) is 6.62. The van der Waals surface area contributed by atoms with Crippen molar-refractivity contribution in [2.45, 2.75) is 0 Å². The molecule has 0 saturated carbocycles. The maximum atomic E-state index is 11.4. The monoisotopic (exact) mass is 295 g/mol. The summed E-state index contributed by atoms with van der Waals surface area (Å²) in [6, 6.07) is 3.34. The smallest absolute Gasteiger partial charge is 0.271 e. The number of anilines is 1. The van der Waals surface area contributed by atoms with Crippen LogP contribution in [0.5, 0.6) is 0 Å². The van der Waals surface area contributed by atoms with E-state index in [4.69, 9.17) is 5.73 Å². The maximum Gasteiger partial charge on any atom is 0.271 e. The molecular formula is C10H10BrN5O. The van der Waals surface area contributed by atoms with Gasteiger partial charge < -0.3 is 11.1 Å². The molecule has 88 valence electrons. The number of halogens is 1. The first-order valence-corrected chi connectivity index (χ1v) is 5.60. The van der Waals surface area contributed by atoms with Gasteiger partial charge in [0.2, 0.25) is 0 Å². The fourth-order valence-corrected chi connectivity index (χ4v) is 1.85. The van der Waals surface area contributed by atoms with E-state index in [-0.39, 0.29) is 5.91 Å². The van der Waals surface area contributed by atoms with Gasteiger partial charge in [0.1, 0.15) is 0 Å². The van der Waals surface area contributed by atoms with Gasteiger partial charge in [0.15, 0.2) is 11.5 Å². The Balaban J connectivity index is 2.40. The highest BCUT2D eigenvalue weighted by atomic mass is 79.9. The summed E-state index contributed by atoms with van der Waals surface area (Å²) in [7, 11) is 1.55. The first-order chi connectivity index (χ1) is 8.11. The van der Waals surface area contributed by atoms with E-state index in [1.807, 2.05) is 0 Å². The number of nitrogens with one attached hydrogen (secondary N) is 1. The predicted molar refractivity (Wildman–Crippen MR) is 66.9 cm³/mol. The van der Waals surface area contributed by atoms with Crippen molar-refractivity contribution in [1.82, 2.24) is 20.1 Å². The molecule has 6 nitrogen and oxygen atoms in total. The summed E-state index contributed by atoms with van der Waals surface area (Å²) in [4.78, 5) is 15.5. The number of pyridine rings is 1. The van der Waals surface area contributed by atoms with Gasteiger partial charge in [-0.25, -0.2) is 9.67 Å². The zero-order chi connectivity index (χ0) is 12.4. The third-order valence-corrected chi connectivity index (χ3v) is 2.69. The minimum absolute atomic E-state index is 0.240. The highest BCUT2D eigenvalue weighted by Gasteiger charge is 2.10. The lowest BCUT2D eigenvalue weighted by Crippen LogP contribution is -2.18. The minimum atomic E-state index is -0.240. The normalized spacial score (nSPS) is 10.2. The van der Waals surface area contributed by atoms with Crippen LogP contribution in [0.15, 0.2) is 29.0 Å². The molecule has 0 aliphatic rings. The summed E-state index contributed by atoms with van der Waals surface area (Å²) in [5.41, 5.74) is 6.48. The third-order valence-electron chi connectivity index (χ3n) is 2.11. The molecule has 2 aromatic rings. The molecule has 0 fully saturated rings. The van der Waals surface area contributed by atoms with Gasteiger partial charge in [0.25, 0.3) is 5.91 Å². The molecule has 0 aromatic carbocycles. The molecule has 1 amide bonds. The largest absolute Gasteiger partial charge is 0.397 e. The third kappa shape index (κ3) is 2.28. The number of carbonyl (C=O) groups is 1. The van der Waals surface area contributed by atoms with Crippen LogP contribution >= 0.6 is 15.9 Å². The summed E-state index contributed by atoms with van der Waals surface area (Å²) in [5.74, 6) is 0.338. The van der Waals surface area contributed by atoms with E-state index in [1.54, 1.807) is 25.4 Å². The van der Waals surface area contributed by atoms with Gasteiger partial charge in [0, 0.05) is 13.2 Å². The molecule has 2 heterocycles. The van der Waals surface area contributed by atoms with Crippen LogP contribution < -0.4 is 11.1 Å². The van der Waals surface area contributed by atoms with Gasteiger partial charge in [-0.15, -0.1) is 0 Å². The topological polar surface area (TPSA) is 85.8 Å². The van der Waals surface area contributed by atoms with Gasteiger partial charge in [-0.2, -0.15) is 5.10 Å². The average Bonchev–Trinajstić information content (AvgIpc) is 2.77. The molecule has 0 saturated heterocycles. The number of hydrogen-bond donors (Lipinski definition) is 2. The number of nitrogens with two attached hydrogens (primary N) is 1. The maximum absolute atomic E-state index is 11.4. The van der Waals surface area contributed by atoms with Crippen LogP contribution in [0, 0.1) is 0 Å². The van der Waals surface area contributed by atoms with Crippen molar-refractivity contribution in [2.75, 3.05) is 12.8 Å². The van der Waals surface area contributed by atoms with Crippen LogP contribution in [0.25, 0.3) is 5.82 Å². The van der Waals surface area contributed by atoms with E-state index in [0.717, 1.165) is 0 Å². The summed E-state index contributed by atoms with van der Waals surface area (Å²) >= 11 is 3.34. The Bertz CT molecular complexity index is 566. The number of rotatable bonds is 2. The number of hydrogen-bond acceptors (Lipinski definition) is 4. The number of aromatic nitrogens is 3. The number of carbonyl (C=O) groups excluding carboxylic acids is 1. The molecule has 7 heteroatoms. The predicted octanol–water partition coefficient (Wildman–Crippen LogP) is 0.972. The first-order valence-electron chi connectivity index (χ1n) is 4.81. The van der Waals surface area contributed by atoms with Gasteiger partial charge in [-0.1, -0.05) is 0 Å². The van der Waals surface area contributed by atoms with Crippen LogP contribution in [-0.4, -0.2) is 27.7 Å². The molecule has 17 heavy (non-hydrogen) atoms.